The molecule has 0 bridgehead atoms. The number of hydrogen-bond donors (Lipinski definition) is 1. The van der Waals surface area contributed by atoms with E-state index in [4.69, 9.17) is 14.8 Å². The van der Waals surface area contributed by atoms with E-state index in [0.29, 0.717) is 15.3 Å². The largest absolute Gasteiger partial charge is 0.477 e. The molecule has 1 aromatic carbocycles. The van der Waals surface area contributed by atoms with Crippen LogP contribution in [0.3, 0.4) is 0 Å². The van der Waals surface area contributed by atoms with Crippen molar-refractivity contribution in [2.24, 2.45) is 0 Å². The minimum Gasteiger partial charge on any atom is -0.477 e. The van der Waals surface area contributed by atoms with Gasteiger partial charge < -0.3 is 14.4 Å². The van der Waals surface area contributed by atoms with Crippen LogP contribution in [-0.4, -0.2) is 24.2 Å². The number of anilines is 1. The zero-order valence-electron chi connectivity index (χ0n) is 21.7. The molecule has 5 rings (SSSR count). The summed E-state index contributed by atoms with van der Waals surface area (Å²) in [7, 11) is 0. The lowest BCUT2D eigenvalue weighted by molar-refractivity contribution is -0.132. The molecule has 3 aromatic rings. The smallest absolute Gasteiger partial charge is 0.346 e. The van der Waals surface area contributed by atoms with Crippen molar-refractivity contribution in [3.05, 3.63) is 66.7 Å². The van der Waals surface area contributed by atoms with Gasteiger partial charge in [-0.3, -0.25) is 0 Å². The highest BCUT2D eigenvalue weighted by molar-refractivity contribution is 7.14. The van der Waals surface area contributed by atoms with Crippen LogP contribution in [0.1, 0.15) is 67.0 Å². The number of aliphatic carboxylic acids is 1. The molecule has 2 aliphatic rings. The molecule has 0 radical (unpaired) electrons. The Hall–Kier alpha value is -4.14. The third-order valence-corrected chi connectivity index (χ3v) is 8.77. The van der Waals surface area contributed by atoms with Crippen molar-refractivity contribution >= 4 is 51.7 Å². The summed E-state index contributed by atoms with van der Waals surface area (Å²) in [6.45, 7) is 10.9. The van der Waals surface area contributed by atoms with Gasteiger partial charge in [-0.05, 0) is 65.7 Å². The Balaban J connectivity index is 1.66. The van der Waals surface area contributed by atoms with Crippen LogP contribution in [0.25, 0.3) is 28.7 Å². The van der Waals surface area contributed by atoms with E-state index in [0.717, 1.165) is 36.9 Å². The summed E-state index contributed by atoms with van der Waals surface area (Å²) in [5.74, 6) is -1.32. The van der Waals surface area contributed by atoms with E-state index in [1.807, 2.05) is 6.07 Å². The van der Waals surface area contributed by atoms with E-state index in [1.165, 1.54) is 34.7 Å². The number of benzene rings is 1. The van der Waals surface area contributed by atoms with Gasteiger partial charge in [-0.2, -0.15) is 10.5 Å². The zero-order chi connectivity index (χ0) is 27.4. The van der Waals surface area contributed by atoms with Crippen LogP contribution in [0.2, 0.25) is 0 Å². The summed E-state index contributed by atoms with van der Waals surface area (Å²) >= 11 is 1.17. The van der Waals surface area contributed by atoms with Gasteiger partial charge in [0, 0.05) is 39.5 Å². The molecule has 4 heterocycles. The molecule has 0 spiro atoms. The Morgan fingerprint density at radius 3 is 2.45 bits per heavy atom. The maximum Gasteiger partial charge on any atom is 0.346 e. The fourth-order valence-corrected chi connectivity index (χ4v) is 6.36. The molecule has 192 valence electrons. The third-order valence-electron chi connectivity index (χ3n) is 7.71. The van der Waals surface area contributed by atoms with Crippen LogP contribution < -0.4 is 10.5 Å². The van der Waals surface area contributed by atoms with Crippen LogP contribution in [-0.2, 0) is 15.6 Å². The van der Waals surface area contributed by atoms with Gasteiger partial charge in [0.25, 0.3) is 0 Å². The van der Waals surface area contributed by atoms with Crippen molar-refractivity contribution in [1.82, 2.24) is 0 Å². The standard InChI is InChI=1S/C30H27N3O4S/c1-29(2)7-9-33-10-8-30(3,4)24-25(33)22(29)14-17-11-18(28(36)37-26(17)24)12-19(15-31)23-6-5-21(38-23)13-20(16-32)27(34)35/h5-6,11-14H,7-10H2,1-4H3,(H,34,35)/b19-12+,20-13-. The molecule has 0 atom stereocenters. The summed E-state index contributed by atoms with van der Waals surface area (Å²) in [5.41, 5.74) is 3.58. The van der Waals surface area contributed by atoms with Crippen molar-refractivity contribution in [3.8, 4) is 12.1 Å². The number of thiophene rings is 1. The number of allylic oxidation sites excluding steroid dienone is 1. The number of nitrogens with zero attached hydrogens (tertiary/aromatic N) is 3. The quantitative estimate of drug-likeness (QED) is 0.249. The van der Waals surface area contributed by atoms with Crippen LogP contribution in [0.5, 0.6) is 0 Å². The van der Waals surface area contributed by atoms with Gasteiger partial charge in [-0.25, -0.2) is 9.59 Å². The van der Waals surface area contributed by atoms with E-state index >= 15 is 0 Å². The first-order chi connectivity index (χ1) is 17.9. The Kier molecular flexibility index (Phi) is 6.04. The van der Waals surface area contributed by atoms with Crippen LogP contribution in [0.15, 0.2) is 39.1 Å². The predicted molar refractivity (Wildman–Crippen MR) is 149 cm³/mol. The minimum atomic E-state index is -1.32. The average molecular weight is 526 g/mol. The van der Waals surface area contributed by atoms with Gasteiger partial charge in [0.2, 0.25) is 0 Å². The van der Waals surface area contributed by atoms with Gasteiger partial charge in [0.05, 0.1) is 11.1 Å². The second-order valence-electron chi connectivity index (χ2n) is 11.2. The lowest BCUT2D eigenvalue weighted by Crippen LogP contribution is -2.44. The second-order valence-corrected chi connectivity index (χ2v) is 12.3. The molecular formula is C30H27N3O4S. The van der Waals surface area contributed by atoms with Crippen molar-refractivity contribution in [3.63, 3.8) is 0 Å². The molecule has 0 fully saturated rings. The fraction of sp³-hybridized carbons (Fsp3) is 0.333. The van der Waals surface area contributed by atoms with Crippen LogP contribution in [0, 0.1) is 22.7 Å². The van der Waals surface area contributed by atoms with E-state index in [-0.39, 0.29) is 22.0 Å². The summed E-state index contributed by atoms with van der Waals surface area (Å²) in [4.78, 5) is 27.9. The number of rotatable bonds is 4. The first kappa shape index (κ1) is 25.5. The van der Waals surface area contributed by atoms with Crippen molar-refractivity contribution in [2.75, 3.05) is 18.0 Å². The second kappa shape index (κ2) is 9.01. The van der Waals surface area contributed by atoms with Crippen molar-refractivity contribution in [1.29, 1.82) is 10.5 Å². The Labute approximate surface area is 224 Å². The number of fused-ring (bicyclic) bond motifs is 2. The number of hydrogen-bond acceptors (Lipinski definition) is 7. The molecule has 8 heteroatoms. The average Bonchev–Trinajstić information content (AvgIpc) is 3.32. The first-order valence-electron chi connectivity index (χ1n) is 12.4. The fourth-order valence-electron chi connectivity index (χ4n) is 5.44. The van der Waals surface area contributed by atoms with Crippen LogP contribution in [0.4, 0.5) is 5.69 Å². The highest BCUT2D eigenvalue weighted by Gasteiger charge is 2.41. The minimum absolute atomic E-state index is 0.0226. The van der Waals surface area contributed by atoms with E-state index in [2.05, 4.69) is 44.7 Å². The van der Waals surface area contributed by atoms with E-state index < -0.39 is 17.2 Å². The highest BCUT2D eigenvalue weighted by atomic mass is 32.1. The summed E-state index contributed by atoms with van der Waals surface area (Å²) < 4.78 is 6.00. The highest BCUT2D eigenvalue weighted by Crippen LogP contribution is 2.51. The molecule has 0 amide bonds. The summed E-state index contributed by atoms with van der Waals surface area (Å²) in [6.07, 6.45) is 4.78. The molecule has 0 unspecified atom stereocenters. The number of carbonyl (C=O) groups is 1. The van der Waals surface area contributed by atoms with Crippen molar-refractivity contribution in [2.45, 2.75) is 51.4 Å². The third kappa shape index (κ3) is 4.21. The molecule has 0 saturated carbocycles. The topological polar surface area (TPSA) is 118 Å². The Bertz CT molecular complexity index is 1700. The predicted octanol–water partition coefficient (Wildman–Crippen LogP) is 6.08. The van der Waals surface area contributed by atoms with Gasteiger partial charge in [-0.15, -0.1) is 11.3 Å². The lowest BCUT2D eigenvalue weighted by atomic mass is 9.69. The van der Waals surface area contributed by atoms with Gasteiger partial charge in [0.15, 0.2) is 0 Å². The SMILES string of the molecule is CC1(C)CCN2CCC(C)(C)c3c2c1cc1cc(/C=C(\C#N)c2ccc(/C=C(/C#N)C(=O)O)s2)c(=O)oc31. The maximum atomic E-state index is 13.2. The first-order valence-corrected chi connectivity index (χ1v) is 13.2. The number of carboxylic acid groups (broad SMARTS) is 1. The van der Waals surface area contributed by atoms with E-state index in [1.54, 1.807) is 18.2 Å². The molecular weight excluding hydrogens is 498 g/mol. The van der Waals surface area contributed by atoms with Gasteiger partial charge >= 0.3 is 11.6 Å². The maximum absolute atomic E-state index is 13.2. The van der Waals surface area contributed by atoms with Crippen molar-refractivity contribution < 1.29 is 14.3 Å². The lowest BCUT2D eigenvalue weighted by Gasteiger charge is -2.48. The molecule has 0 saturated heterocycles. The normalized spacial score (nSPS) is 18.0. The van der Waals surface area contributed by atoms with Gasteiger partial charge in [0.1, 0.15) is 23.3 Å². The molecule has 1 N–H and O–H groups in total. The van der Waals surface area contributed by atoms with E-state index in [9.17, 15) is 14.9 Å². The monoisotopic (exact) mass is 525 g/mol. The molecule has 2 aliphatic heterocycles. The number of carboxylic acids is 1. The molecule has 7 nitrogen and oxygen atoms in total. The molecule has 0 aliphatic carbocycles. The zero-order valence-corrected chi connectivity index (χ0v) is 22.5. The molecule has 2 aromatic heterocycles. The Morgan fingerprint density at radius 1 is 1.08 bits per heavy atom. The summed E-state index contributed by atoms with van der Waals surface area (Å²) in [6, 6.07) is 11.0. The van der Waals surface area contributed by atoms with Crippen LogP contribution >= 0.6 is 11.3 Å². The Morgan fingerprint density at radius 2 is 1.79 bits per heavy atom. The molecule has 38 heavy (non-hydrogen) atoms. The number of nitriles is 2. The summed E-state index contributed by atoms with van der Waals surface area (Å²) in [5, 5.41) is 28.8. The van der Waals surface area contributed by atoms with Gasteiger partial charge in [-0.1, -0.05) is 27.7 Å².